The van der Waals surface area contributed by atoms with E-state index in [-0.39, 0.29) is 17.9 Å². The van der Waals surface area contributed by atoms with E-state index in [1.54, 1.807) is 0 Å². The summed E-state index contributed by atoms with van der Waals surface area (Å²) in [6.45, 7) is 6.42. The van der Waals surface area contributed by atoms with E-state index in [1.165, 1.54) is 5.56 Å². The maximum Gasteiger partial charge on any atom is 0.237 e. The normalized spacial score (nSPS) is 12.4. The molecule has 1 amide bonds. The number of carbonyl (C=O) groups is 1. The molecule has 0 bridgehead atoms. The van der Waals surface area contributed by atoms with Crippen LogP contribution in [0.4, 0.5) is 0 Å². The summed E-state index contributed by atoms with van der Waals surface area (Å²) in [5, 5.41) is 0.669. The molecule has 7 heteroatoms. The maximum atomic E-state index is 13.4. The van der Waals surface area contributed by atoms with E-state index < -0.39 is 0 Å². The predicted molar refractivity (Wildman–Crippen MR) is 140 cm³/mol. The molecule has 2 aromatic carbocycles. The number of amides is 1. The van der Waals surface area contributed by atoms with Gasteiger partial charge in [0.1, 0.15) is 5.82 Å². The molecule has 0 saturated carbocycles. The van der Waals surface area contributed by atoms with Crippen molar-refractivity contribution in [2.45, 2.75) is 32.9 Å². The van der Waals surface area contributed by atoms with Crippen molar-refractivity contribution in [3.05, 3.63) is 77.2 Å². The lowest BCUT2D eigenvalue weighted by Crippen LogP contribution is -2.44. The van der Waals surface area contributed by atoms with Crippen molar-refractivity contribution in [2.75, 3.05) is 33.7 Å². The van der Waals surface area contributed by atoms with Crippen LogP contribution in [-0.2, 0) is 11.3 Å². The Hall–Kier alpha value is -2.67. The topological polar surface area (TPSA) is 67.4 Å². The minimum atomic E-state index is -0.185. The molecule has 0 aliphatic rings. The SMILES string of the molecule is CC(C)[C@H](c1nc(-c2cccc(Cl)c2)cn1Cc1ccccc1)N(CCCN)C(=O)CN(C)C. The zero-order valence-electron chi connectivity index (χ0n) is 20.6. The maximum absolute atomic E-state index is 13.4. The van der Waals surface area contributed by atoms with E-state index in [2.05, 4.69) is 36.7 Å². The first-order chi connectivity index (χ1) is 16.3. The average molecular weight is 482 g/mol. The summed E-state index contributed by atoms with van der Waals surface area (Å²) in [6.07, 6.45) is 2.81. The van der Waals surface area contributed by atoms with E-state index in [0.29, 0.717) is 31.2 Å². The van der Waals surface area contributed by atoms with Gasteiger partial charge in [0.25, 0.3) is 0 Å². The van der Waals surface area contributed by atoms with Gasteiger partial charge in [0.2, 0.25) is 5.91 Å². The molecule has 0 radical (unpaired) electrons. The van der Waals surface area contributed by atoms with E-state index in [9.17, 15) is 4.79 Å². The van der Waals surface area contributed by atoms with Crippen LogP contribution < -0.4 is 5.73 Å². The number of hydrogen-bond donors (Lipinski definition) is 1. The largest absolute Gasteiger partial charge is 0.331 e. The minimum Gasteiger partial charge on any atom is -0.331 e. The van der Waals surface area contributed by atoms with Gasteiger partial charge < -0.3 is 20.1 Å². The van der Waals surface area contributed by atoms with Crippen LogP contribution in [0.3, 0.4) is 0 Å². The average Bonchev–Trinajstić information content (AvgIpc) is 3.19. The van der Waals surface area contributed by atoms with Crippen molar-refractivity contribution < 1.29 is 4.79 Å². The van der Waals surface area contributed by atoms with Crippen LogP contribution in [0, 0.1) is 5.92 Å². The van der Waals surface area contributed by atoms with E-state index in [0.717, 1.165) is 23.5 Å². The molecule has 0 spiro atoms. The van der Waals surface area contributed by atoms with Crippen LogP contribution >= 0.6 is 11.6 Å². The zero-order valence-corrected chi connectivity index (χ0v) is 21.4. The standard InChI is InChI=1S/C27H36ClN5O/c1-20(2)26(33(15-9-14-29)25(34)19-31(3)4)27-30-24(22-12-8-13-23(28)16-22)18-32(27)17-21-10-6-5-7-11-21/h5-8,10-13,16,18,20,26H,9,14-15,17,19,29H2,1-4H3/t26-/m1/s1. The fraction of sp³-hybridized carbons (Fsp3) is 0.407. The molecule has 6 nitrogen and oxygen atoms in total. The number of likely N-dealkylation sites (N-methyl/N-ethyl adjacent to an activating group) is 1. The Labute approximate surface area is 208 Å². The molecule has 34 heavy (non-hydrogen) atoms. The summed E-state index contributed by atoms with van der Waals surface area (Å²) < 4.78 is 2.18. The van der Waals surface area contributed by atoms with Gasteiger partial charge in [0.05, 0.1) is 18.3 Å². The summed E-state index contributed by atoms with van der Waals surface area (Å²) in [7, 11) is 3.83. The number of benzene rings is 2. The number of rotatable bonds is 11. The molecule has 3 aromatic rings. The second-order valence-corrected chi connectivity index (χ2v) is 9.70. The molecular formula is C27H36ClN5O. The second-order valence-electron chi connectivity index (χ2n) is 9.26. The van der Waals surface area contributed by atoms with Crippen LogP contribution in [0.5, 0.6) is 0 Å². The number of nitrogens with zero attached hydrogens (tertiary/aromatic N) is 4. The molecule has 3 rings (SSSR count). The monoisotopic (exact) mass is 481 g/mol. The predicted octanol–water partition coefficient (Wildman–Crippen LogP) is 4.69. The molecule has 0 fully saturated rings. The molecule has 1 atom stereocenters. The smallest absolute Gasteiger partial charge is 0.237 e. The molecule has 0 aliphatic carbocycles. The van der Waals surface area contributed by atoms with Gasteiger partial charge in [0, 0.05) is 29.9 Å². The lowest BCUT2D eigenvalue weighted by atomic mass is 10.0. The van der Waals surface area contributed by atoms with Gasteiger partial charge in [-0.2, -0.15) is 0 Å². The zero-order chi connectivity index (χ0) is 24.7. The Morgan fingerprint density at radius 1 is 1.12 bits per heavy atom. The summed E-state index contributed by atoms with van der Waals surface area (Å²) in [4.78, 5) is 22.3. The third-order valence-corrected chi connectivity index (χ3v) is 5.97. The summed E-state index contributed by atoms with van der Waals surface area (Å²) >= 11 is 6.28. The van der Waals surface area contributed by atoms with Crippen LogP contribution in [0.1, 0.15) is 37.7 Å². The fourth-order valence-corrected chi connectivity index (χ4v) is 4.39. The van der Waals surface area contributed by atoms with Gasteiger partial charge >= 0.3 is 0 Å². The van der Waals surface area contributed by atoms with Crippen molar-refractivity contribution in [3.8, 4) is 11.3 Å². The first kappa shape index (κ1) is 25.9. The Morgan fingerprint density at radius 2 is 1.85 bits per heavy atom. The van der Waals surface area contributed by atoms with Gasteiger partial charge in [0.15, 0.2) is 0 Å². The minimum absolute atomic E-state index is 0.0794. The number of aromatic nitrogens is 2. The van der Waals surface area contributed by atoms with E-state index in [4.69, 9.17) is 22.3 Å². The molecule has 1 aromatic heterocycles. The summed E-state index contributed by atoms with van der Waals surface area (Å²) in [5.41, 5.74) is 8.81. The lowest BCUT2D eigenvalue weighted by molar-refractivity contribution is -0.135. The third-order valence-electron chi connectivity index (χ3n) is 5.73. The van der Waals surface area contributed by atoms with Gasteiger partial charge in [-0.3, -0.25) is 4.79 Å². The molecule has 182 valence electrons. The highest BCUT2D eigenvalue weighted by Crippen LogP contribution is 2.32. The summed E-state index contributed by atoms with van der Waals surface area (Å²) in [6, 6.07) is 17.9. The number of carbonyl (C=O) groups excluding carboxylic acids is 1. The van der Waals surface area contributed by atoms with Crippen LogP contribution in [0.15, 0.2) is 60.8 Å². The quantitative estimate of drug-likeness (QED) is 0.431. The van der Waals surface area contributed by atoms with E-state index in [1.807, 2.05) is 66.4 Å². The van der Waals surface area contributed by atoms with Crippen molar-refractivity contribution >= 4 is 17.5 Å². The Bertz CT molecular complexity index is 1060. The lowest BCUT2D eigenvalue weighted by Gasteiger charge is -2.35. The highest BCUT2D eigenvalue weighted by atomic mass is 35.5. The molecular weight excluding hydrogens is 446 g/mol. The molecule has 0 unspecified atom stereocenters. The van der Waals surface area contributed by atoms with Crippen molar-refractivity contribution in [3.63, 3.8) is 0 Å². The number of halogens is 1. The van der Waals surface area contributed by atoms with Crippen LogP contribution in [0.25, 0.3) is 11.3 Å². The first-order valence-electron chi connectivity index (χ1n) is 11.8. The van der Waals surface area contributed by atoms with Crippen molar-refractivity contribution in [2.24, 2.45) is 11.7 Å². The van der Waals surface area contributed by atoms with Crippen molar-refractivity contribution in [1.29, 1.82) is 0 Å². The number of imidazole rings is 1. The molecule has 2 N–H and O–H groups in total. The molecule has 0 aliphatic heterocycles. The molecule has 1 heterocycles. The van der Waals surface area contributed by atoms with Gasteiger partial charge in [-0.25, -0.2) is 4.98 Å². The Balaban J connectivity index is 2.11. The number of nitrogens with two attached hydrogens (primary N) is 1. The Morgan fingerprint density at radius 3 is 2.47 bits per heavy atom. The summed E-state index contributed by atoms with van der Waals surface area (Å²) in [5.74, 6) is 1.11. The van der Waals surface area contributed by atoms with Crippen molar-refractivity contribution in [1.82, 2.24) is 19.4 Å². The van der Waals surface area contributed by atoms with Gasteiger partial charge in [-0.1, -0.05) is 67.9 Å². The van der Waals surface area contributed by atoms with Crippen LogP contribution in [-0.4, -0.2) is 59.0 Å². The molecule has 0 saturated heterocycles. The highest BCUT2D eigenvalue weighted by molar-refractivity contribution is 6.30. The second kappa shape index (κ2) is 12.2. The van der Waals surface area contributed by atoms with Gasteiger partial charge in [-0.15, -0.1) is 0 Å². The highest BCUT2D eigenvalue weighted by Gasteiger charge is 2.32. The first-order valence-corrected chi connectivity index (χ1v) is 12.2. The van der Waals surface area contributed by atoms with Crippen LogP contribution in [0.2, 0.25) is 5.02 Å². The number of hydrogen-bond acceptors (Lipinski definition) is 4. The Kier molecular flexibility index (Phi) is 9.28. The van der Waals surface area contributed by atoms with Gasteiger partial charge in [-0.05, 0) is 50.7 Å². The third kappa shape index (κ3) is 6.69. The fourth-order valence-electron chi connectivity index (χ4n) is 4.20. The van der Waals surface area contributed by atoms with E-state index >= 15 is 0 Å².